The number of rotatable bonds is 6. The first-order chi connectivity index (χ1) is 9.28. The summed E-state index contributed by atoms with van der Waals surface area (Å²) in [4.78, 5) is 19.9. The highest BCUT2D eigenvalue weighted by Crippen LogP contribution is 2.17. The largest absolute Gasteiger partial charge is 0.481 e. The number of aromatic nitrogens is 2. The molecule has 5 heteroatoms. The second-order valence-corrected chi connectivity index (χ2v) is 4.79. The molecule has 0 aromatic carbocycles. The molecule has 104 valence electrons. The van der Waals surface area contributed by atoms with Gasteiger partial charge in [-0.05, 0) is 25.7 Å². The van der Waals surface area contributed by atoms with Crippen LogP contribution in [0.3, 0.4) is 0 Å². The molecule has 2 rings (SSSR count). The van der Waals surface area contributed by atoms with Gasteiger partial charge >= 0.3 is 0 Å². The van der Waals surface area contributed by atoms with Crippen molar-refractivity contribution in [3.8, 4) is 5.88 Å². The van der Waals surface area contributed by atoms with Crippen LogP contribution in [0.2, 0.25) is 0 Å². The zero-order valence-electron chi connectivity index (χ0n) is 11.3. The average molecular weight is 264 g/mol. The van der Waals surface area contributed by atoms with E-state index in [-0.39, 0.29) is 11.9 Å². The maximum absolute atomic E-state index is 11.9. The van der Waals surface area contributed by atoms with Gasteiger partial charge in [0.05, 0.1) is 18.9 Å². The molecule has 0 aliphatic carbocycles. The first-order valence-corrected chi connectivity index (χ1v) is 6.76. The van der Waals surface area contributed by atoms with Gasteiger partial charge < -0.3 is 9.47 Å². The molecule has 1 aliphatic heterocycles. The van der Waals surface area contributed by atoms with Gasteiger partial charge in [0.2, 0.25) is 5.88 Å². The van der Waals surface area contributed by atoms with Crippen LogP contribution in [0.1, 0.15) is 37.8 Å². The summed E-state index contributed by atoms with van der Waals surface area (Å²) in [6, 6.07) is 1.70. The molecule has 0 radical (unpaired) electrons. The predicted molar refractivity (Wildman–Crippen MR) is 70.1 cm³/mol. The molecule has 0 saturated carbocycles. The van der Waals surface area contributed by atoms with Gasteiger partial charge in [-0.15, -0.1) is 0 Å². The molecule has 0 bridgehead atoms. The Morgan fingerprint density at radius 1 is 1.47 bits per heavy atom. The molecule has 0 amide bonds. The number of carbonyl (C=O) groups excluding carboxylic acids is 1. The van der Waals surface area contributed by atoms with E-state index in [1.54, 1.807) is 13.2 Å². The maximum atomic E-state index is 11.9. The molecule has 5 nitrogen and oxygen atoms in total. The van der Waals surface area contributed by atoms with Crippen molar-refractivity contribution in [2.75, 3.05) is 13.7 Å². The van der Waals surface area contributed by atoms with Gasteiger partial charge in [-0.2, -0.15) is 0 Å². The highest BCUT2D eigenvalue weighted by atomic mass is 16.5. The standard InChI is InChI=1S/C14H20N2O3/c1-18-14-9-11(15-10-16-14)8-12(17)5-6-13-4-2-3-7-19-13/h9-10,13H,2-8H2,1H3. The van der Waals surface area contributed by atoms with Crippen LogP contribution < -0.4 is 4.74 Å². The Morgan fingerprint density at radius 2 is 2.37 bits per heavy atom. The first-order valence-electron chi connectivity index (χ1n) is 6.76. The molecule has 1 aromatic heterocycles. The lowest BCUT2D eigenvalue weighted by Crippen LogP contribution is -2.20. The summed E-state index contributed by atoms with van der Waals surface area (Å²) in [5.74, 6) is 0.684. The monoisotopic (exact) mass is 264 g/mol. The Labute approximate surface area is 113 Å². The van der Waals surface area contributed by atoms with E-state index < -0.39 is 0 Å². The highest BCUT2D eigenvalue weighted by Gasteiger charge is 2.15. The summed E-state index contributed by atoms with van der Waals surface area (Å²) in [6.07, 6.45) is 6.83. The summed E-state index contributed by atoms with van der Waals surface area (Å²) < 4.78 is 10.6. The highest BCUT2D eigenvalue weighted by molar-refractivity contribution is 5.80. The molecular weight excluding hydrogens is 244 g/mol. The van der Waals surface area contributed by atoms with Crippen LogP contribution in [0.25, 0.3) is 0 Å². The third kappa shape index (κ3) is 4.59. The second-order valence-electron chi connectivity index (χ2n) is 4.79. The van der Waals surface area contributed by atoms with Crippen molar-refractivity contribution in [2.24, 2.45) is 0 Å². The normalized spacial score (nSPS) is 19.1. The van der Waals surface area contributed by atoms with Crippen molar-refractivity contribution in [1.29, 1.82) is 0 Å². The Morgan fingerprint density at radius 3 is 3.11 bits per heavy atom. The minimum atomic E-state index is 0.190. The predicted octanol–water partition coefficient (Wildman–Crippen LogP) is 1.95. The molecule has 0 N–H and O–H groups in total. The van der Waals surface area contributed by atoms with Crippen LogP contribution in [0.5, 0.6) is 5.88 Å². The quantitative estimate of drug-likeness (QED) is 0.786. The lowest BCUT2D eigenvalue weighted by atomic mass is 10.0. The molecular formula is C14H20N2O3. The average Bonchev–Trinajstić information content (AvgIpc) is 2.46. The number of carbonyl (C=O) groups is 1. The Bertz CT molecular complexity index is 417. The van der Waals surface area contributed by atoms with Crippen molar-refractivity contribution in [1.82, 2.24) is 9.97 Å². The van der Waals surface area contributed by atoms with Crippen molar-refractivity contribution in [3.63, 3.8) is 0 Å². The van der Waals surface area contributed by atoms with Gasteiger partial charge in [0.15, 0.2) is 0 Å². The smallest absolute Gasteiger partial charge is 0.216 e. The van der Waals surface area contributed by atoms with E-state index in [0.717, 1.165) is 25.9 Å². The number of ether oxygens (including phenoxy) is 2. The first kappa shape index (κ1) is 13.9. The van der Waals surface area contributed by atoms with Gasteiger partial charge in [-0.1, -0.05) is 0 Å². The maximum Gasteiger partial charge on any atom is 0.216 e. The van der Waals surface area contributed by atoms with E-state index in [0.29, 0.717) is 24.4 Å². The van der Waals surface area contributed by atoms with E-state index in [1.807, 2.05) is 0 Å². The molecule has 1 fully saturated rings. The number of Topliss-reactive ketones (excluding diaryl/α,β-unsaturated/α-hetero) is 1. The topological polar surface area (TPSA) is 61.3 Å². The van der Waals surface area contributed by atoms with Crippen LogP contribution in [-0.4, -0.2) is 35.6 Å². The summed E-state index contributed by atoms with van der Waals surface area (Å²) >= 11 is 0. The van der Waals surface area contributed by atoms with E-state index in [4.69, 9.17) is 9.47 Å². The second kappa shape index (κ2) is 7.19. The van der Waals surface area contributed by atoms with Crippen LogP contribution in [0.4, 0.5) is 0 Å². The fourth-order valence-corrected chi connectivity index (χ4v) is 2.23. The van der Waals surface area contributed by atoms with Crippen molar-refractivity contribution >= 4 is 5.78 Å². The molecule has 2 heterocycles. The Hall–Kier alpha value is -1.49. The van der Waals surface area contributed by atoms with Crippen LogP contribution >= 0.6 is 0 Å². The number of nitrogens with zero attached hydrogens (tertiary/aromatic N) is 2. The Balaban J connectivity index is 1.76. The van der Waals surface area contributed by atoms with Crippen molar-refractivity contribution in [3.05, 3.63) is 18.1 Å². The third-order valence-corrected chi connectivity index (χ3v) is 3.31. The van der Waals surface area contributed by atoms with E-state index in [9.17, 15) is 4.79 Å². The number of methoxy groups -OCH3 is 1. The van der Waals surface area contributed by atoms with Crippen LogP contribution in [-0.2, 0) is 16.0 Å². The number of ketones is 1. The summed E-state index contributed by atoms with van der Waals surface area (Å²) in [6.45, 7) is 0.835. The van der Waals surface area contributed by atoms with Gasteiger partial charge in [-0.3, -0.25) is 4.79 Å². The molecule has 1 saturated heterocycles. The number of hydrogen-bond donors (Lipinski definition) is 0. The fourth-order valence-electron chi connectivity index (χ4n) is 2.23. The van der Waals surface area contributed by atoms with Crippen molar-refractivity contribution in [2.45, 2.75) is 44.6 Å². The third-order valence-electron chi connectivity index (χ3n) is 3.31. The van der Waals surface area contributed by atoms with E-state index in [2.05, 4.69) is 9.97 Å². The van der Waals surface area contributed by atoms with Crippen LogP contribution in [0, 0.1) is 0 Å². The molecule has 1 unspecified atom stereocenters. The molecule has 1 atom stereocenters. The minimum absolute atomic E-state index is 0.190. The van der Waals surface area contributed by atoms with E-state index >= 15 is 0 Å². The van der Waals surface area contributed by atoms with Gasteiger partial charge in [0.25, 0.3) is 0 Å². The molecule has 0 spiro atoms. The summed E-state index contributed by atoms with van der Waals surface area (Å²) in [5, 5.41) is 0. The SMILES string of the molecule is COc1cc(CC(=O)CCC2CCCCO2)ncn1. The van der Waals surface area contributed by atoms with Crippen molar-refractivity contribution < 1.29 is 14.3 Å². The fraction of sp³-hybridized carbons (Fsp3) is 0.643. The zero-order valence-corrected chi connectivity index (χ0v) is 11.3. The summed E-state index contributed by atoms with van der Waals surface area (Å²) in [5.41, 5.74) is 0.710. The molecule has 1 aliphatic rings. The zero-order chi connectivity index (χ0) is 13.5. The van der Waals surface area contributed by atoms with E-state index in [1.165, 1.54) is 12.7 Å². The molecule has 1 aromatic rings. The lowest BCUT2D eigenvalue weighted by molar-refractivity contribution is -0.119. The summed E-state index contributed by atoms with van der Waals surface area (Å²) in [7, 11) is 1.55. The van der Waals surface area contributed by atoms with Gasteiger partial charge in [0.1, 0.15) is 12.1 Å². The van der Waals surface area contributed by atoms with Crippen LogP contribution in [0.15, 0.2) is 12.4 Å². The lowest BCUT2D eigenvalue weighted by Gasteiger charge is -2.22. The van der Waals surface area contributed by atoms with Gasteiger partial charge in [-0.25, -0.2) is 9.97 Å². The Kier molecular flexibility index (Phi) is 5.27. The van der Waals surface area contributed by atoms with Gasteiger partial charge in [0, 0.05) is 25.5 Å². The minimum Gasteiger partial charge on any atom is -0.481 e. The number of hydrogen-bond acceptors (Lipinski definition) is 5. The molecule has 19 heavy (non-hydrogen) atoms.